The lowest BCUT2D eigenvalue weighted by Gasteiger charge is -2.04. The lowest BCUT2D eigenvalue weighted by atomic mass is 10.1. The second kappa shape index (κ2) is 6.11. The molecule has 0 aromatic heterocycles. The van der Waals surface area contributed by atoms with E-state index in [4.69, 9.17) is 4.74 Å². The summed E-state index contributed by atoms with van der Waals surface area (Å²) in [6.07, 6.45) is 5.49. The minimum Gasteiger partial charge on any atom is -0.496 e. The Bertz CT molecular complexity index is 392. The predicted octanol–water partition coefficient (Wildman–Crippen LogP) is 3.39. The van der Waals surface area contributed by atoms with Crippen molar-refractivity contribution in [1.29, 1.82) is 0 Å². The van der Waals surface area contributed by atoms with Gasteiger partial charge >= 0.3 is 0 Å². The normalized spacial score (nSPS) is 10.7. The van der Waals surface area contributed by atoms with E-state index in [0.29, 0.717) is 6.42 Å². The lowest BCUT2D eigenvalue weighted by Crippen LogP contribution is -1.87. The molecule has 0 spiro atoms. The van der Waals surface area contributed by atoms with Crippen LogP contribution in [0.5, 0.6) is 5.75 Å². The van der Waals surface area contributed by atoms with Crippen LogP contribution in [0.4, 0.5) is 0 Å². The van der Waals surface area contributed by atoms with E-state index < -0.39 is 0 Å². The quantitative estimate of drug-likeness (QED) is 0.757. The Morgan fingerprint density at radius 2 is 2.19 bits per heavy atom. The zero-order valence-electron chi connectivity index (χ0n) is 10.1. The number of hydrogen-bond donors (Lipinski definition) is 0. The third-order valence-corrected chi connectivity index (χ3v) is 2.39. The molecule has 0 N–H and O–H groups in total. The maximum absolute atomic E-state index is 10.7. The Balaban J connectivity index is 2.61. The van der Waals surface area contributed by atoms with Crippen LogP contribution < -0.4 is 4.74 Å². The van der Waals surface area contributed by atoms with Crippen LogP contribution in [0.25, 0.3) is 6.08 Å². The topological polar surface area (TPSA) is 26.3 Å². The Morgan fingerprint density at radius 3 is 2.75 bits per heavy atom. The monoisotopic (exact) mass is 218 g/mol. The highest BCUT2D eigenvalue weighted by atomic mass is 16.5. The van der Waals surface area contributed by atoms with Gasteiger partial charge in [-0.2, -0.15) is 0 Å². The highest BCUT2D eigenvalue weighted by molar-refractivity contribution is 5.75. The van der Waals surface area contributed by atoms with Crippen LogP contribution in [0.3, 0.4) is 0 Å². The van der Waals surface area contributed by atoms with Gasteiger partial charge in [0, 0.05) is 6.42 Å². The van der Waals surface area contributed by atoms with Gasteiger partial charge in [0.1, 0.15) is 11.5 Å². The second-order valence-electron chi connectivity index (χ2n) is 3.87. The number of ether oxygens (including phenoxy) is 1. The molecule has 0 fully saturated rings. The molecule has 0 atom stereocenters. The van der Waals surface area contributed by atoms with Crippen molar-refractivity contribution in [2.24, 2.45) is 0 Å². The predicted molar refractivity (Wildman–Crippen MR) is 66.7 cm³/mol. The lowest BCUT2D eigenvalue weighted by molar-refractivity contribution is -0.116. The smallest absolute Gasteiger partial charge is 0.130 e. The van der Waals surface area contributed by atoms with Crippen molar-refractivity contribution < 1.29 is 9.53 Å². The number of carbonyl (C=O) groups excluding carboxylic acids is 1. The number of Topliss-reactive ketones (excluding diaryl/α,β-unsaturated/α-hetero) is 1. The fourth-order valence-electron chi connectivity index (χ4n) is 1.51. The zero-order valence-corrected chi connectivity index (χ0v) is 10.1. The third kappa shape index (κ3) is 3.89. The molecule has 0 bridgehead atoms. The fourth-order valence-corrected chi connectivity index (χ4v) is 1.51. The largest absolute Gasteiger partial charge is 0.496 e. The molecule has 16 heavy (non-hydrogen) atoms. The van der Waals surface area contributed by atoms with E-state index in [1.807, 2.05) is 31.2 Å². The summed E-state index contributed by atoms with van der Waals surface area (Å²) in [5.74, 6) is 1.14. The van der Waals surface area contributed by atoms with Crippen molar-refractivity contribution in [1.82, 2.24) is 0 Å². The number of ketones is 1. The summed E-state index contributed by atoms with van der Waals surface area (Å²) in [6.45, 7) is 3.64. The standard InChI is InChI=1S/C14H18O2/c1-11-10-13(8-9-14(11)16-3)7-5-4-6-12(2)15/h5,7-10H,4,6H2,1-3H3/b7-5+. The fraction of sp³-hybridized carbons (Fsp3) is 0.357. The molecule has 86 valence electrons. The van der Waals surface area contributed by atoms with Crippen LogP contribution in [0, 0.1) is 6.92 Å². The molecular formula is C14H18O2. The first kappa shape index (κ1) is 12.5. The van der Waals surface area contributed by atoms with Crippen molar-refractivity contribution in [3.63, 3.8) is 0 Å². The number of hydrogen-bond acceptors (Lipinski definition) is 2. The van der Waals surface area contributed by atoms with Gasteiger partial charge in [-0.25, -0.2) is 0 Å². The Labute approximate surface area is 96.9 Å². The summed E-state index contributed by atoms with van der Waals surface area (Å²) >= 11 is 0. The van der Waals surface area contributed by atoms with Crippen molar-refractivity contribution in [2.75, 3.05) is 7.11 Å². The number of benzene rings is 1. The van der Waals surface area contributed by atoms with E-state index in [2.05, 4.69) is 6.07 Å². The molecular weight excluding hydrogens is 200 g/mol. The molecule has 0 aliphatic heterocycles. The first-order valence-corrected chi connectivity index (χ1v) is 5.44. The molecule has 2 nitrogen and oxygen atoms in total. The molecule has 0 saturated carbocycles. The Kier molecular flexibility index (Phi) is 4.77. The van der Waals surface area contributed by atoms with Crippen LogP contribution in [0.15, 0.2) is 24.3 Å². The van der Waals surface area contributed by atoms with Crippen LogP contribution in [-0.4, -0.2) is 12.9 Å². The van der Waals surface area contributed by atoms with Gasteiger partial charge in [-0.1, -0.05) is 18.2 Å². The van der Waals surface area contributed by atoms with E-state index in [1.54, 1.807) is 14.0 Å². The van der Waals surface area contributed by atoms with Crippen molar-refractivity contribution >= 4 is 11.9 Å². The van der Waals surface area contributed by atoms with Gasteiger partial charge in [-0.05, 0) is 43.5 Å². The van der Waals surface area contributed by atoms with Crippen LogP contribution in [0.2, 0.25) is 0 Å². The Morgan fingerprint density at radius 1 is 1.44 bits per heavy atom. The van der Waals surface area contributed by atoms with E-state index in [0.717, 1.165) is 23.3 Å². The Hall–Kier alpha value is -1.57. The molecule has 0 aliphatic rings. The van der Waals surface area contributed by atoms with Gasteiger partial charge in [0.25, 0.3) is 0 Å². The highest BCUT2D eigenvalue weighted by Gasteiger charge is 1.97. The summed E-state index contributed by atoms with van der Waals surface area (Å²) in [4.78, 5) is 10.7. The number of carbonyl (C=O) groups is 1. The average Bonchev–Trinajstić information content (AvgIpc) is 2.24. The van der Waals surface area contributed by atoms with E-state index >= 15 is 0 Å². The van der Waals surface area contributed by atoms with Gasteiger partial charge in [0.2, 0.25) is 0 Å². The molecule has 2 heteroatoms. The van der Waals surface area contributed by atoms with Crippen molar-refractivity contribution in [3.8, 4) is 5.75 Å². The highest BCUT2D eigenvalue weighted by Crippen LogP contribution is 2.19. The van der Waals surface area contributed by atoms with Gasteiger partial charge < -0.3 is 9.53 Å². The van der Waals surface area contributed by atoms with Gasteiger partial charge in [0.05, 0.1) is 7.11 Å². The summed E-state index contributed by atoms with van der Waals surface area (Å²) in [7, 11) is 1.67. The second-order valence-corrected chi connectivity index (χ2v) is 3.87. The average molecular weight is 218 g/mol. The summed E-state index contributed by atoms with van der Waals surface area (Å²) in [5, 5.41) is 0. The molecule has 0 aliphatic carbocycles. The molecule has 0 radical (unpaired) electrons. The molecule has 1 aromatic rings. The molecule has 0 unspecified atom stereocenters. The van der Waals surface area contributed by atoms with Gasteiger partial charge in [0.15, 0.2) is 0 Å². The number of allylic oxidation sites excluding steroid dienone is 1. The van der Waals surface area contributed by atoms with Crippen LogP contribution in [-0.2, 0) is 4.79 Å². The number of rotatable bonds is 5. The minimum atomic E-state index is 0.232. The molecule has 0 saturated heterocycles. The number of aryl methyl sites for hydroxylation is 1. The molecule has 0 amide bonds. The third-order valence-electron chi connectivity index (χ3n) is 2.39. The summed E-state index contributed by atoms with van der Waals surface area (Å²) in [5.41, 5.74) is 2.26. The first-order chi connectivity index (χ1) is 7.63. The van der Waals surface area contributed by atoms with Gasteiger partial charge in [-0.3, -0.25) is 0 Å². The maximum Gasteiger partial charge on any atom is 0.130 e. The molecule has 0 heterocycles. The van der Waals surface area contributed by atoms with E-state index in [1.165, 1.54) is 0 Å². The summed E-state index contributed by atoms with van der Waals surface area (Å²) in [6, 6.07) is 6.04. The zero-order chi connectivity index (χ0) is 12.0. The summed E-state index contributed by atoms with van der Waals surface area (Å²) < 4.78 is 5.19. The SMILES string of the molecule is COc1ccc(/C=C/CCC(C)=O)cc1C. The van der Waals surface area contributed by atoms with Crippen LogP contribution in [0.1, 0.15) is 30.9 Å². The van der Waals surface area contributed by atoms with Crippen molar-refractivity contribution in [2.45, 2.75) is 26.7 Å². The van der Waals surface area contributed by atoms with Gasteiger partial charge in [-0.15, -0.1) is 0 Å². The van der Waals surface area contributed by atoms with Crippen LogP contribution >= 0.6 is 0 Å². The number of methoxy groups -OCH3 is 1. The minimum absolute atomic E-state index is 0.232. The molecule has 1 aromatic carbocycles. The van der Waals surface area contributed by atoms with E-state index in [-0.39, 0.29) is 5.78 Å². The van der Waals surface area contributed by atoms with E-state index in [9.17, 15) is 4.79 Å². The molecule has 1 rings (SSSR count). The van der Waals surface area contributed by atoms with Crippen molar-refractivity contribution in [3.05, 3.63) is 35.4 Å². The first-order valence-electron chi connectivity index (χ1n) is 5.44. The maximum atomic E-state index is 10.7.